The third-order valence-corrected chi connectivity index (χ3v) is 8.31. The summed E-state index contributed by atoms with van der Waals surface area (Å²) in [6, 6.07) is 2.14. The number of rotatable bonds is 5. The van der Waals surface area contributed by atoms with Crippen molar-refractivity contribution >= 4 is 20.9 Å². The number of hydrogen-bond donors (Lipinski definition) is 1. The zero-order valence-electron chi connectivity index (χ0n) is 17.6. The first-order valence-corrected chi connectivity index (χ1v) is 12.5. The number of nitrogens with zero attached hydrogens (tertiary/aromatic N) is 7. The van der Waals surface area contributed by atoms with Gasteiger partial charge in [-0.25, -0.2) is 29.4 Å². The molecule has 0 unspecified atom stereocenters. The van der Waals surface area contributed by atoms with Gasteiger partial charge in [0.1, 0.15) is 21.9 Å². The maximum atomic E-state index is 13.3. The Balaban J connectivity index is 1.40. The van der Waals surface area contributed by atoms with E-state index in [2.05, 4.69) is 24.9 Å². The summed E-state index contributed by atoms with van der Waals surface area (Å²) in [6.45, 7) is 8.77. The van der Waals surface area contributed by atoms with E-state index in [0.717, 1.165) is 35.1 Å². The van der Waals surface area contributed by atoms with Gasteiger partial charge in [-0.05, 0) is 18.9 Å². The zero-order valence-corrected chi connectivity index (χ0v) is 18.4. The highest BCUT2D eigenvalue weighted by atomic mass is 32.2. The molecule has 0 bridgehead atoms. The summed E-state index contributed by atoms with van der Waals surface area (Å²) in [7, 11) is -2.45. The molecule has 0 radical (unpaired) electrons. The maximum absolute atomic E-state index is 13.3. The number of fused-ring (bicyclic) bond motifs is 1. The topological polar surface area (TPSA) is 96.4 Å². The van der Waals surface area contributed by atoms with E-state index in [1.807, 2.05) is 27.4 Å². The van der Waals surface area contributed by atoms with Gasteiger partial charge in [0.25, 0.3) is 0 Å². The van der Waals surface area contributed by atoms with Crippen LogP contribution in [0.25, 0.3) is 27.1 Å². The lowest BCUT2D eigenvalue weighted by Crippen LogP contribution is -2.65. The molecule has 1 atom stereocenters. The van der Waals surface area contributed by atoms with Crippen molar-refractivity contribution < 1.29 is 4.21 Å². The van der Waals surface area contributed by atoms with Crippen molar-refractivity contribution in [3.05, 3.63) is 42.4 Å². The quantitative estimate of drug-likeness (QED) is 0.619. The average Bonchev–Trinajstić information content (AvgIpc) is 3.40. The Morgan fingerprint density at radius 1 is 1.32 bits per heavy atom. The van der Waals surface area contributed by atoms with Crippen molar-refractivity contribution in [2.75, 3.05) is 25.9 Å². The van der Waals surface area contributed by atoms with Crippen LogP contribution in [0.2, 0.25) is 0 Å². The molecule has 2 fully saturated rings. The van der Waals surface area contributed by atoms with Crippen molar-refractivity contribution in [1.29, 1.82) is 0 Å². The smallest absolute Gasteiger partial charge is 0.242 e. The van der Waals surface area contributed by atoms with Crippen molar-refractivity contribution in [3.63, 3.8) is 0 Å². The van der Waals surface area contributed by atoms with Gasteiger partial charge in [0, 0.05) is 42.7 Å². The van der Waals surface area contributed by atoms with Gasteiger partial charge >= 0.3 is 0 Å². The van der Waals surface area contributed by atoms with Crippen LogP contribution in [-0.2, 0) is 15.5 Å². The van der Waals surface area contributed by atoms with E-state index in [4.69, 9.17) is 10.9 Å². The fraction of sp³-hybridized carbons (Fsp3) is 0.524. The molecule has 0 amide bonds. The van der Waals surface area contributed by atoms with Crippen LogP contribution >= 0.6 is 0 Å². The molecule has 10 heteroatoms. The SMILES string of the molecule is [C-]#[N+]CC1(n2cc(-c3ncnc4[nH]ccc34)cn2)CN([S@](C)(=O)=NC2CCCCC2)C1. The lowest BCUT2D eigenvalue weighted by molar-refractivity contribution is 0.0869. The van der Waals surface area contributed by atoms with Gasteiger partial charge in [-0.2, -0.15) is 5.10 Å². The zero-order chi connectivity index (χ0) is 21.5. The second kappa shape index (κ2) is 7.73. The van der Waals surface area contributed by atoms with E-state index >= 15 is 0 Å². The predicted octanol–water partition coefficient (Wildman–Crippen LogP) is 3.10. The summed E-state index contributed by atoms with van der Waals surface area (Å²) >= 11 is 0. The van der Waals surface area contributed by atoms with Crippen LogP contribution in [0.5, 0.6) is 0 Å². The highest BCUT2D eigenvalue weighted by Crippen LogP contribution is 2.35. The molecule has 1 N–H and O–H groups in total. The Morgan fingerprint density at radius 2 is 2.13 bits per heavy atom. The Bertz CT molecular complexity index is 1250. The van der Waals surface area contributed by atoms with Crippen LogP contribution in [0.15, 0.2) is 35.3 Å². The molecule has 0 aromatic carbocycles. The summed E-state index contributed by atoms with van der Waals surface area (Å²) in [5.74, 6) is 0. The number of aromatic amines is 1. The van der Waals surface area contributed by atoms with Crippen LogP contribution in [0, 0.1) is 6.57 Å². The van der Waals surface area contributed by atoms with Gasteiger partial charge < -0.3 is 9.83 Å². The Labute approximate surface area is 182 Å². The summed E-state index contributed by atoms with van der Waals surface area (Å²) in [4.78, 5) is 15.4. The molecule has 2 aliphatic rings. The molecule has 0 spiro atoms. The lowest BCUT2D eigenvalue weighted by atomic mass is 9.92. The third-order valence-electron chi connectivity index (χ3n) is 6.41. The third kappa shape index (κ3) is 3.62. The number of H-pyrrole nitrogens is 1. The highest BCUT2D eigenvalue weighted by molar-refractivity contribution is 7.90. The summed E-state index contributed by atoms with van der Waals surface area (Å²) in [5, 5.41) is 5.51. The summed E-state index contributed by atoms with van der Waals surface area (Å²) in [5.41, 5.74) is 1.96. The first-order chi connectivity index (χ1) is 15.0. The number of aromatic nitrogens is 5. The van der Waals surface area contributed by atoms with Gasteiger partial charge in [0.2, 0.25) is 6.54 Å². The van der Waals surface area contributed by atoms with Crippen LogP contribution in [0.4, 0.5) is 0 Å². The number of hydrogen-bond acceptors (Lipinski definition) is 5. The minimum absolute atomic E-state index is 0.194. The second-order valence-electron chi connectivity index (χ2n) is 8.63. The molecule has 3 aromatic heterocycles. The fourth-order valence-corrected chi connectivity index (χ4v) is 6.51. The Morgan fingerprint density at radius 3 is 2.90 bits per heavy atom. The lowest BCUT2D eigenvalue weighted by Gasteiger charge is -2.46. The van der Waals surface area contributed by atoms with Crippen LogP contribution in [0.1, 0.15) is 32.1 Å². The molecule has 1 saturated heterocycles. The van der Waals surface area contributed by atoms with E-state index in [9.17, 15) is 4.21 Å². The monoisotopic (exact) mass is 438 g/mol. The molecule has 9 nitrogen and oxygen atoms in total. The molecule has 1 aliphatic carbocycles. The maximum Gasteiger partial charge on any atom is 0.242 e. The minimum atomic E-state index is -2.45. The fourth-order valence-electron chi connectivity index (χ4n) is 4.65. The molecule has 31 heavy (non-hydrogen) atoms. The minimum Gasteiger partial charge on any atom is -0.346 e. The van der Waals surface area contributed by atoms with Gasteiger partial charge in [-0.1, -0.05) is 19.3 Å². The van der Waals surface area contributed by atoms with Crippen molar-refractivity contribution in [2.45, 2.75) is 43.7 Å². The highest BCUT2D eigenvalue weighted by Gasteiger charge is 2.51. The second-order valence-corrected chi connectivity index (χ2v) is 10.9. The molecule has 1 aliphatic heterocycles. The normalized spacial score (nSPS) is 21.3. The van der Waals surface area contributed by atoms with Gasteiger partial charge in [-0.3, -0.25) is 4.68 Å². The largest absolute Gasteiger partial charge is 0.346 e. The van der Waals surface area contributed by atoms with Gasteiger partial charge in [-0.15, -0.1) is 0 Å². The van der Waals surface area contributed by atoms with Gasteiger partial charge in [0.05, 0.1) is 17.9 Å². The van der Waals surface area contributed by atoms with E-state index in [1.165, 1.54) is 25.6 Å². The molecule has 4 heterocycles. The van der Waals surface area contributed by atoms with E-state index in [1.54, 1.807) is 12.5 Å². The van der Waals surface area contributed by atoms with E-state index in [-0.39, 0.29) is 12.6 Å². The summed E-state index contributed by atoms with van der Waals surface area (Å²) in [6.07, 6.45) is 14.5. The Kier molecular flexibility index (Phi) is 5.02. The molecular formula is C21H26N8OS. The van der Waals surface area contributed by atoms with Gasteiger partial charge in [0.15, 0.2) is 5.54 Å². The van der Waals surface area contributed by atoms with E-state index in [0.29, 0.717) is 13.1 Å². The van der Waals surface area contributed by atoms with Crippen molar-refractivity contribution in [3.8, 4) is 11.3 Å². The molecular weight excluding hydrogens is 412 g/mol. The van der Waals surface area contributed by atoms with E-state index < -0.39 is 15.5 Å². The standard InChI is InChI=1S/C21H26N8OS/c1-22-12-21(13-28(14-21)31(2,30)27-17-6-4-3-5-7-17)29-11-16(10-26-29)19-18-8-9-23-20(18)25-15-24-19/h8-11,15,17H,3-7,12-14H2,2H3,(H,23,24,25)/t31-/m1/s1. The molecule has 1 saturated carbocycles. The van der Waals surface area contributed by atoms with Crippen molar-refractivity contribution in [2.24, 2.45) is 4.36 Å². The average molecular weight is 439 g/mol. The van der Waals surface area contributed by atoms with Crippen LogP contribution < -0.4 is 0 Å². The first kappa shape index (κ1) is 20.2. The van der Waals surface area contributed by atoms with Crippen LogP contribution in [-0.4, -0.2) is 65.2 Å². The predicted molar refractivity (Wildman–Crippen MR) is 119 cm³/mol. The molecule has 162 valence electrons. The Hall–Kier alpha value is -2.77. The van der Waals surface area contributed by atoms with Crippen molar-refractivity contribution in [1.82, 2.24) is 29.0 Å². The molecule has 3 aromatic rings. The summed E-state index contributed by atoms with van der Waals surface area (Å²) < 4.78 is 21.8. The first-order valence-electron chi connectivity index (χ1n) is 10.6. The number of nitrogens with one attached hydrogen (secondary N) is 1. The van der Waals surface area contributed by atoms with Crippen LogP contribution in [0.3, 0.4) is 0 Å². The molecule has 5 rings (SSSR count).